The van der Waals surface area contributed by atoms with E-state index < -0.39 is 0 Å². The van der Waals surface area contributed by atoms with Crippen LogP contribution in [0.1, 0.15) is 36.8 Å². The highest BCUT2D eigenvalue weighted by Crippen LogP contribution is 2.19. The zero-order valence-corrected chi connectivity index (χ0v) is 10.3. The second-order valence-electron chi connectivity index (χ2n) is 5.07. The maximum atomic E-state index is 3.43. The van der Waals surface area contributed by atoms with Gasteiger partial charge in [0.05, 0.1) is 0 Å². The van der Waals surface area contributed by atoms with E-state index in [0.717, 1.165) is 5.92 Å². The predicted octanol–water partition coefficient (Wildman–Crippen LogP) is 3.32. The Bertz CT molecular complexity index is 296. The Labute approximate surface area is 99.3 Å². The summed E-state index contributed by atoms with van der Waals surface area (Å²) in [4.78, 5) is 0. The molecule has 0 bridgehead atoms. The molecule has 1 N–H and O–H groups in total. The first-order valence-corrected chi connectivity index (χ1v) is 6.61. The summed E-state index contributed by atoms with van der Waals surface area (Å²) in [6.45, 7) is 4.61. The average Bonchev–Trinajstić information content (AvgIpc) is 2.33. The van der Waals surface area contributed by atoms with Gasteiger partial charge in [0.25, 0.3) is 0 Å². The summed E-state index contributed by atoms with van der Waals surface area (Å²) in [5.41, 5.74) is 2.86. The smallest absolute Gasteiger partial charge is 0.00463 e. The third kappa shape index (κ3) is 3.64. The number of benzene rings is 1. The van der Waals surface area contributed by atoms with Crippen LogP contribution in [0, 0.1) is 12.8 Å². The molecule has 0 amide bonds. The molecule has 1 aromatic rings. The van der Waals surface area contributed by atoms with Crippen LogP contribution >= 0.6 is 0 Å². The molecular formula is C15H23N. The number of rotatable bonds is 4. The summed E-state index contributed by atoms with van der Waals surface area (Å²) < 4.78 is 0. The second kappa shape index (κ2) is 6.05. The minimum absolute atomic E-state index is 0.978. The van der Waals surface area contributed by atoms with Crippen molar-refractivity contribution >= 4 is 0 Å². The number of hydrogen-bond acceptors (Lipinski definition) is 1. The number of piperidine rings is 1. The van der Waals surface area contributed by atoms with E-state index in [-0.39, 0.29) is 0 Å². The van der Waals surface area contributed by atoms with E-state index in [1.165, 1.54) is 56.3 Å². The molecular weight excluding hydrogens is 194 g/mol. The molecule has 1 heteroatoms. The van der Waals surface area contributed by atoms with Gasteiger partial charge in [0.15, 0.2) is 0 Å². The van der Waals surface area contributed by atoms with Gasteiger partial charge in [-0.3, -0.25) is 0 Å². The topological polar surface area (TPSA) is 12.0 Å². The van der Waals surface area contributed by atoms with Gasteiger partial charge < -0.3 is 5.32 Å². The van der Waals surface area contributed by atoms with Gasteiger partial charge in [-0.2, -0.15) is 0 Å². The van der Waals surface area contributed by atoms with Crippen molar-refractivity contribution in [3.05, 3.63) is 35.4 Å². The molecule has 2 rings (SSSR count). The Hall–Kier alpha value is -0.820. The Morgan fingerprint density at radius 2 is 1.81 bits per heavy atom. The molecule has 1 aliphatic heterocycles. The third-order valence-electron chi connectivity index (χ3n) is 3.66. The van der Waals surface area contributed by atoms with Gasteiger partial charge >= 0.3 is 0 Å². The maximum Gasteiger partial charge on any atom is -0.00463 e. The first kappa shape index (κ1) is 11.7. The standard InChI is InChI=1S/C15H23N/c1-13-5-7-14(8-6-13)3-2-4-15-9-11-16-12-10-15/h5-8,15-16H,2-4,9-12H2,1H3. The van der Waals surface area contributed by atoms with Gasteiger partial charge in [0.1, 0.15) is 0 Å². The molecule has 1 heterocycles. The van der Waals surface area contributed by atoms with Crippen LogP contribution in [-0.2, 0) is 6.42 Å². The minimum atomic E-state index is 0.978. The lowest BCUT2D eigenvalue weighted by molar-refractivity contribution is 0.347. The summed E-state index contributed by atoms with van der Waals surface area (Å²) in [6, 6.07) is 9.00. The largest absolute Gasteiger partial charge is 0.317 e. The normalized spacial score (nSPS) is 17.6. The van der Waals surface area contributed by atoms with Gasteiger partial charge in [-0.25, -0.2) is 0 Å². The Balaban J connectivity index is 1.69. The van der Waals surface area contributed by atoms with Crippen molar-refractivity contribution in [3.8, 4) is 0 Å². The monoisotopic (exact) mass is 217 g/mol. The third-order valence-corrected chi connectivity index (χ3v) is 3.66. The SMILES string of the molecule is Cc1ccc(CCCC2CCNCC2)cc1. The molecule has 0 aliphatic carbocycles. The van der Waals surface area contributed by atoms with Gasteiger partial charge in [0.2, 0.25) is 0 Å². The molecule has 0 atom stereocenters. The minimum Gasteiger partial charge on any atom is -0.317 e. The summed E-state index contributed by atoms with van der Waals surface area (Å²) in [5.74, 6) is 0.978. The van der Waals surface area contributed by atoms with Crippen LogP contribution in [0.4, 0.5) is 0 Å². The summed E-state index contributed by atoms with van der Waals surface area (Å²) in [6.07, 6.45) is 6.79. The van der Waals surface area contributed by atoms with Crippen LogP contribution in [0.2, 0.25) is 0 Å². The highest BCUT2D eigenvalue weighted by Gasteiger charge is 2.11. The predicted molar refractivity (Wildman–Crippen MR) is 69.7 cm³/mol. The lowest BCUT2D eigenvalue weighted by Crippen LogP contribution is -2.27. The quantitative estimate of drug-likeness (QED) is 0.816. The van der Waals surface area contributed by atoms with Crippen molar-refractivity contribution in [2.24, 2.45) is 5.92 Å². The molecule has 16 heavy (non-hydrogen) atoms. The molecule has 1 saturated heterocycles. The molecule has 0 spiro atoms. The van der Waals surface area contributed by atoms with Crippen LogP contribution in [0.5, 0.6) is 0 Å². The van der Waals surface area contributed by atoms with Gasteiger partial charge in [-0.05, 0) is 57.2 Å². The van der Waals surface area contributed by atoms with E-state index in [1.54, 1.807) is 0 Å². The number of aryl methyl sites for hydroxylation is 2. The highest BCUT2D eigenvalue weighted by molar-refractivity contribution is 5.21. The summed E-state index contributed by atoms with van der Waals surface area (Å²) in [5, 5.41) is 3.43. The van der Waals surface area contributed by atoms with Crippen molar-refractivity contribution in [1.29, 1.82) is 0 Å². The van der Waals surface area contributed by atoms with Gasteiger partial charge in [-0.1, -0.05) is 36.2 Å². The van der Waals surface area contributed by atoms with Crippen molar-refractivity contribution in [1.82, 2.24) is 5.32 Å². The van der Waals surface area contributed by atoms with Crippen molar-refractivity contribution < 1.29 is 0 Å². The number of nitrogens with one attached hydrogen (secondary N) is 1. The van der Waals surface area contributed by atoms with Gasteiger partial charge in [-0.15, -0.1) is 0 Å². The summed E-state index contributed by atoms with van der Waals surface area (Å²) >= 11 is 0. The average molecular weight is 217 g/mol. The fourth-order valence-electron chi connectivity index (χ4n) is 2.52. The lowest BCUT2D eigenvalue weighted by Gasteiger charge is -2.22. The fraction of sp³-hybridized carbons (Fsp3) is 0.600. The van der Waals surface area contributed by atoms with E-state index in [9.17, 15) is 0 Å². The molecule has 0 aromatic heterocycles. The molecule has 0 radical (unpaired) electrons. The molecule has 0 unspecified atom stereocenters. The van der Waals surface area contributed by atoms with Crippen LogP contribution in [0.15, 0.2) is 24.3 Å². The van der Waals surface area contributed by atoms with Crippen molar-refractivity contribution in [2.45, 2.75) is 39.0 Å². The lowest BCUT2D eigenvalue weighted by atomic mass is 9.91. The Morgan fingerprint density at radius 1 is 1.12 bits per heavy atom. The van der Waals surface area contributed by atoms with Crippen LogP contribution in [0.25, 0.3) is 0 Å². The molecule has 1 aliphatic rings. The van der Waals surface area contributed by atoms with Crippen molar-refractivity contribution in [2.75, 3.05) is 13.1 Å². The van der Waals surface area contributed by atoms with Crippen LogP contribution < -0.4 is 5.32 Å². The second-order valence-corrected chi connectivity index (χ2v) is 5.07. The van der Waals surface area contributed by atoms with Gasteiger partial charge in [0, 0.05) is 0 Å². The van der Waals surface area contributed by atoms with E-state index in [1.807, 2.05) is 0 Å². The first-order chi connectivity index (χ1) is 7.84. The Kier molecular flexibility index (Phi) is 4.41. The van der Waals surface area contributed by atoms with Crippen LogP contribution in [0.3, 0.4) is 0 Å². The Morgan fingerprint density at radius 3 is 2.50 bits per heavy atom. The van der Waals surface area contributed by atoms with E-state index >= 15 is 0 Å². The van der Waals surface area contributed by atoms with E-state index in [0.29, 0.717) is 0 Å². The molecule has 1 aromatic carbocycles. The molecule has 0 saturated carbocycles. The van der Waals surface area contributed by atoms with Crippen molar-refractivity contribution in [3.63, 3.8) is 0 Å². The number of hydrogen-bond donors (Lipinski definition) is 1. The summed E-state index contributed by atoms with van der Waals surface area (Å²) in [7, 11) is 0. The highest BCUT2D eigenvalue weighted by atomic mass is 14.9. The first-order valence-electron chi connectivity index (χ1n) is 6.61. The maximum absolute atomic E-state index is 3.43. The zero-order chi connectivity index (χ0) is 11.2. The van der Waals surface area contributed by atoms with E-state index in [4.69, 9.17) is 0 Å². The van der Waals surface area contributed by atoms with E-state index in [2.05, 4.69) is 36.5 Å². The fourth-order valence-corrected chi connectivity index (χ4v) is 2.52. The molecule has 1 fully saturated rings. The molecule has 88 valence electrons. The van der Waals surface area contributed by atoms with Crippen LogP contribution in [-0.4, -0.2) is 13.1 Å². The molecule has 1 nitrogen and oxygen atoms in total. The zero-order valence-electron chi connectivity index (χ0n) is 10.3.